The molecule has 0 unspecified atom stereocenters. The van der Waals surface area contributed by atoms with E-state index >= 15 is 0 Å². The van der Waals surface area contributed by atoms with Gasteiger partial charge in [0.05, 0.1) is 10.9 Å². The van der Waals surface area contributed by atoms with E-state index in [4.69, 9.17) is 0 Å². The van der Waals surface area contributed by atoms with Gasteiger partial charge in [-0.3, -0.25) is 9.59 Å². The van der Waals surface area contributed by atoms with E-state index in [0.29, 0.717) is 0 Å². The summed E-state index contributed by atoms with van der Waals surface area (Å²) in [7, 11) is -0.598. The zero-order valence-electron chi connectivity index (χ0n) is 13.2. The van der Waals surface area contributed by atoms with E-state index in [2.05, 4.69) is 4.74 Å². The average Bonchev–Trinajstić information content (AvgIpc) is 2.59. The molecule has 7 heteroatoms. The summed E-state index contributed by atoms with van der Waals surface area (Å²) < 4.78 is 40.2. The number of rotatable bonds is 7. The molecule has 3 nitrogen and oxygen atoms in total. The van der Waals surface area contributed by atoms with Crippen LogP contribution in [0, 0.1) is 0 Å². The summed E-state index contributed by atoms with van der Waals surface area (Å²) in [6, 6.07) is 18.6. The van der Waals surface area contributed by atoms with E-state index in [1.54, 1.807) is 0 Å². The zero-order chi connectivity index (χ0) is 18.3. The molecule has 0 atom stereocenters. The molecule has 0 saturated carbocycles. The first-order valence-electron chi connectivity index (χ1n) is 7.40. The molecule has 2 aromatic carbocycles. The van der Waals surface area contributed by atoms with Crippen LogP contribution in [0.5, 0.6) is 0 Å². The van der Waals surface area contributed by atoms with Crippen molar-refractivity contribution < 1.29 is 27.5 Å². The summed E-state index contributed by atoms with van der Waals surface area (Å²) in [5.74, 6) is -1.58. The van der Waals surface area contributed by atoms with Crippen LogP contribution < -0.4 is 0 Å². The average molecular weight is 369 g/mol. The van der Waals surface area contributed by atoms with Crippen LogP contribution in [0.4, 0.5) is 13.2 Å². The molecular weight excluding hydrogens is 353 g/mol. The number of ether oxygens (including phenoxy) is 1. The molecule has 0 heterocycles. The number of halogens is 3. The molecule has 0 amide bonds. The lowest BCUT2D eigenvalue weighted by molar-refractivity contribution is -0.186. The Hall–Kier alpha value is -2.28. The predicted molar refractivity (Wildman–Crippen MR) is 88.3 cm³/mol. The Balaban J connectivity index is 2.05. The summed E-state index contributed by atoms with van der Waals surface area (Å²) in [4.78, 5) is 25.4. The highest BCUT2D eigenvalue weighted by atomic mass is 32.2. The highest BCUT2D eigenvalue weighted by Gasteiger charge is 2.32. The van der Waals surface area contributed by atoms with Crippen molar-refractivity contribution >= 4 is 22.6 Å². The van der Waals surface area contributed by atoms with Gasteiger partial charge in [-0.1, -0.05) is 36.4 Å². The second-order valence-corrected chi connectivity index (χ2v) is 7.17. The molecule has 132 valence electrons. The fraction of sp³-hybridized carbons (Fsp3) is 0.222. The highest BCUT2D eigenvalue weighted by molar-refractivity contribution is 7.97. The Morgan fingerprint density at radius 2 is 1.36 bits per heavy atom. The summed E-state index contributed by atoms with van der Waals surface area (Å²) in [6.45, 7) is -1.68. The third-order valence-electron chi connectivity index (χ3n) is 3.10. The molecular formula is C18H16F3O3S+. The third kappa shape index (κ3) is 6.62. The van der Waals surface area contributed by atoms with Crippen LogP contribution in [0.3, 0.4) is 0 Å². The van der Waals surface area contributed by atoms with Gasteiger partial charge in [-0.05, 0) is 24.3 Å². The van der Waals surface area contributed by atoms with Crippen LogP contribution in [0.1, 0.15) is 6.42 Å². The molecule has 0 aliphatic carbocycles. The first-order valence-corrected chi connectivity index (χ1v) is 8.79. The SMILES string of the molecule is O=C(CC(=O)OCC(F)(F)F)C[S+](c1ccccc1)c1ccccc1. The maximum absolute atomic E-state index is 12.2. The van der Waals surface area contributed by atoms with E-state index in [-0.39, 0.29) is 5.75 Å². The van der Waals surface area contributed by atoms with Crippen LogP contribution in [0.25, 0.3) is 0 Å². The lowest BCUT2D eigenvalue weighted by Gasteiger charge is -2.09. The molecule has 2 aromatic rings. The van der Waals surface area contributed by atoms with Crippen molar-refractivity contribution in [1.82, 2.24) is 0 Å². The van der Waals surface area contributed by atoms with Crippen molar-refractivity contribution in [2.45, 2.75) is 22.4 Å². The smallest absolute Gasteiger partial charge is 0.422 e. The normalized spacial score (nSPS) is 11.4. The standard InChI is InChI=1S/C18H16F3O3S/c19-18(20,21)13-24-17(23)11-14(22)12-25(15-7-3-1-4-8-15)16-9-5-2-6-10-16/h1-10H,11-13H2/q+1. The van der Waals surface area contributed by atoms with E-state index < -0.39 is 41.9 Å². The third-order valence-corrected chi connectivity index (χ3v) is 5.39. The Bertz CT molecular complexity index is 663. The Kier molecular flexibility index (Phi) is 6.64. The van der Waals surface area contributed by atoms with Crippen molar-refractivity contribution in [2.75, 3.05) is 12.4 Å². The molecule has 0 spiro atoms. The largest absolute Gasteiger partial charge is 0.456 e. The molecule has 0 aliphatic rings. The molecule has 0 aromatic heterocycles. The number of carbonyl (C=O) groups is 2. The number of hydrogen-bond acceptors (Lipinski definition) is 3. The number of Topliss-reactive ketones (excluding diaryl/α,β-unsaturated/α-hetero) is 1. The van der Waals surface area contributed by atoms with Gasteiger partial charge in [0, 0.05) is 0 Å². The molecule has 0 radical (unpaired) electrons. The second kappa shape index (κ2) is 8.71. The number of alkyl halides is 3. The van der Waals surface area contributed by atoms with Gasteiger partial charge in [0.2, 0.25) is 0 Å². The Morgan fingerprint density at radius 3 is 1.80 bits per heavy atom. The first-order chi connectivity index (χ1) is 11.8. The van der Waals surface area contributed by atoms with E-state index in [9.17, 15) is 22.8 Å². The number of esters is 1. The maximum Gasteiger partial charge on any atom is 0.422 e. The number of ketones is 1. The topological polar surface area (TPSA) is 43.4 Å². The van der Waals surface area contributed by atoms with Crippen molar-refractivity contribution in [3.05, 3.63) is 60.7 Å². The number of benzene rings is 2. The van der Waals surface area contributed by atoms with Gasteiger partial charge in [-0.2, -0.15) is 13.2 Å². The van der Waals surface area contributed by atoms with Gasteiger partial charge in [0.15, 0.2) is 27.9 Å². The van der Waals surface area contributed by atoms with Crippen LogP contribution in [0.15, 0.2) is 70.5 Å². The van der Waals surface area contributed by atoms with Crippen LogP contribution in [0.2, 0.25) is 0 Å². The minimum absolute atomic E-state index is 0.0368. The van der Waals surface area contributed by atoms with Gasteiger partial charge in [-0.25, -0.2) is 0 Å². The van der Waals surface area contributed by atoms with Gasteiger partial charge >= 0.3 is 12.1 Å². The molecule has 0 fully saturated rings. The molecule has 2 rings (SSSR count). The fourth-order valence-corrected chi connectivity index (χ4v) is 4.06. The fourth-order valence-electron chi connectivity index (χ4n) is 2.06. The summed E-state index contributed by atoms with van der Waals surface area (Å²) in [5, 5.41) is 0. The van der Waals surface area contributed by atoms with Crippen LogP contribution in [-0.2, 0) is 25.2 Å². The minimum atomic E-state index is -4.60. The molecule has 0 N–H and O–H groups in total. The van der Waals surface area contributed by atoms with Crippen LogP contribution >= 0.6 is 0 Å². The van der Waals surface area contributed by atoms with E-state index in [1.807, 2.05) is 60.7 Å². The molecule has 25 heavy (non-hydrogen) atoms. The van der Waals surface area contributed by atoms with E-state index in [0.717, 1.165) is 9.79 Å². The lowest BCUT2D eigenvalue weighted by Crippen LogP contribution is -2.24. The highest BCUT2D eigenvalue weighted by Crippen LogP contribution is 2.24. The van der Waals surface area contributed by atoms with Gasteiger partial charge in [0.25, 0.3) is 0 Å². The minimum Gasteiger partial charge on any atom is -0.456 e. The lowest BCUT2D eigenvalue weighted by atomic mass is 10.3. The van der Waals surface area contributed by atoms with Gasteiger partial charge in [-0.15, -0.1) is 0 Å². The maximum atomic E-state index is 12.2. The first kappa shape index (κ1) is 19.1. The number of carbonyl (C=O) groups excluding carboxylic acids is 2. The van der Waals surface area contributed by atoms with E-state index in [1.165, 1.54) is 0 Å². The van der Waals surface area contributed by atoms with Gasteiger partial charge < -0.3 is 4.74 Å². The summed E-state index contributed by atoms with van der Waals surface area (Å²) >= 11 is 0. The molecule has 0 saturated heterocycles. The number of hydrogen-bond donors (Lipinski definition) is 0. The van der Waals surface area contributed by atoms with Gasteiger partial charge in [0.1, 0.15) is 6.42 Å². The zero-order valence-corrected chi connectivity index (χ0v) is 14.0. The summed E-state index contributed by atoms with van der Waals surface area (Å²) in [6.07, 6.45) is -5.27. The van der Waals surface area contributed by atoms with Crippen molar-refractivity contribution in [3.63, 3.8) is 0 Å². The predicted octanol–water partition coefficient (Wildman–Crippen LogP) is 3.79. The Labute approximate surface area is 146 Å². The van der Waals surface area contributed by atoms with Crippen molar-refractivity contribution in [1.29, 1.82) is 0 Å². The van der Waals surface area contributed by atoms with Crippen LogP contribution in [-0.4, -0.2) is 30.3 Å². The Morgan fingerprint density at radius 1 is 0.880 bits per heavy atom. The quantitative estimate of drug-likeness (QED) is 0.424. The molecule has 0 bridgehead atoms. The monoisotopic (exact) mass is 369 g/mol. The van der Waals surface area contributed by atoms with Crippen molar-refractivity contribution in [2.24, 2.45) is 0 Å². The van der Waals surface area contributed by atoms with Crippen molar-refractivity contribution in [3.8, 4) is 0 Å². The second-order valence-electron chi connectivity index (χ2n) is 5.15. The summed E-state index contributed by atoms with van der Waals surface area (Å²) in [5.41, 5.74) is 0. The molecule has 0 aliphatic heterocycles.